The number of halogens is 2. The van der Waals surface area contributed by atoms with Crippen molar-refractivity contribution in [2.24, 2.45) is 0 Å². The van der Waals surface area contributed by atoms with E-state index in [9.17, 15) is 14.7 Å². The Hall–Kier alpha value is -1.71. The summed E-state index contributed by atoms with van der Waals surface area (Å²) in [5.41, 5.74) is 2.77. The Bertz CT molecular complexity index is 733. The van der Waals surface area contributed by atoms with Crippen molar-refractivity contribution in [2.75, 3.05) is 24.8 Å². The number of aliphatic hydroxyl groups excluding tert-OH is 1. The molecule has 28 heavy (non-hydrogen) atoms. The summed E-state index contributed by atoms with van der Waals surface area (Å²) in [6, 6.07) is 1.23. The largest absolute Gasteiger partial charge is 0.462 e. The number of aliphatic hydroxyl groups is 1. The Labute approximate surface area is 167 Å². The van der Waals surface area contributed by atoms with E-state index < -0.39 is 42.4 Å². The van der Waals surface area contributed by atoms with Crippen molar-refractivity contribution < 1.29 is 23.8 Å². The number of carbonyl (C=O) groups excluding carboxylic acids is 1. The van der Waals surface area contributed by atoms with Crippen LogP contribution in [0.15, 0.2) is 17.1 Å². The number of ether oxygens (including phenoxy) is 2. The standard InChI is InChI=1S/C18H27ClFN3O5/c1-2-3-4-5-6-7-14(24)27-11-17(10-19)15(25)18(20,12-28-17)23-9-8-13(21)22-16(23)26/h8-9,15,25H,2-7,10-12H2,1H3,(H2,21,22,26)/t15-,17-,18-/m1/s1. The third kappa shape index (κ3) is 4.82. The average molecular weight is 420 g/mol. The van der Waals surface area contributed by atoms with E-state index in [-0.39, 0.29) is 18.1 Å². The lowest BCUT2D eigenvalue weighted by Gasteiger charge is -2.32. The first kappa shape index (κ1) is 22.6. The lowest BCUT2D eigenvalue weighted by molar-refractivity contribution is -0.157. The monoisotopic (exact) mass is 419 g/mol. The van der Waals surface area contributed by atoms with Gasteiger partial charge in [-0.25, -0.2) is 9.18 Å². The number of nitrogens with zero attached hydrogens (tertiary/aromatic N) is 2. The highest BCUT2D eigenvalue weighted by molar-refractivity contribution is 6.18. The number of aromatic nitrogens is 2. The molecule has 0 unspecified atom stereocenters. The van der Waals surface area contributed by atoms with E-state index in [1.54, 1.807) is 0 Å². The maximum Gasteiger partial charge on any atom is 0.352 e. The van der Waals surface area contributed by atoms with E-state index in [1.807, 2.05) is 0 Å². The van der Waals surface area contributed by atoms with Crippen molar-refractivity contribution in [3.05, 3.63) is 22.7 Å². The molecule has 0 bridgehead atoms. The van der Waals surface area contributed by atoms with Crippen LogP contribution in [0.1, 0.15) is 45.4 Å². The normalized spacial score (nSPS) is 27.1. The smallest absolute Gasteiger partial charge is 0.352 e. The fourth-order valence-electron chi connectivity index (χ4n) is 3.12. The molecule has 1 fully saturated rings. The second kappa shape index (κ2) is 9.67. The number of carbonyl (C=O) groups is 1. The molecular weight excluding hydrogens is 393 g/mol. The van der Waals surface area contributed by atoms with Crippen molar-refractivity contribution in [3.8, 4) is 0 Å². The number of rotatable bonds is 10. The van der Waals surface area contributed by atoms with E-state index in [0.717, 1.165) is 31.9 Å². The van der Waals surface area contributed by atoms with Crippen molar-refractivity contribution >= 4 is 23.4 Å². The Morgan fingerprint density at radius 3 is 2.86 bits per heavy atom. The summed E-state index contributed by atoms with van der Waals surface area (Å²) >= 11 is 5.92. The van der Waals surface area contributed by atoms with Gasteiger partial charge >= 0.3 is 11.7 Å². The van der Waals surface area contributed by atoms with Gasteiger partial charge in [0.05, 0.1) is 5.88 Å². The van der Waals surface area contributed by atoms with Crippen LogP contribution < -0.4 is 11.4 Å². The quantitative estimate of drug-likeness (QED) is 0.337. The van der Waals surface area contributed by atoms with Gasteiger partial charge in [-0.05, 0) is 12.5 Å². The maximum absolute atomic E-state index is 15.5. The molecule has 0 radical (unpaired) electrons. The van der Waals surface area contributed by atoms with Crippen LogP contribution >= 0.6 is 11.6 Å². The number of hydrogen-bond acceptors (Lipinski definition) is 7. The van der Waals surface area contributed by atoms with Gasteiger partial charge < -0.3 is 20.3 Å². The van der Waals surface area contributed by atoms with Gasteiger partial charge in [0.1, 0.15) is 30.7 Å². The summed E-state index contributed by atoms with van der Waals surface area (Å²) in [4.78, 5) is 27.4. The number of nitrogens with two attached hydrogens (primary N) is 1. The van der Waals surface area contributed by atoms with Gasteiger partial charge in [0.2, 0.25) is 5.79 Å². The van der Waals surface area contributed by atoms with Crippen molar-refractivity contribution in [3.63, 3.8) is 0 Å². The minimum atomic E-state index is -2.61. The highest BCUT2D eigenvalue weighted by Gasteiger charge is 2.61. The lowest BCUT2D eigenvalue weighted by atomic mass is 9.95. The fourth-order valence-corrected chi connectivity index (χ4v) is 3.43. The van der Waals surface area contributed by atoms with Gasteiger partial charge in [-0.2, -0.15) is 4.98 Å². The molecule has 8 nitrogen and oxygen atoms in total. The number of nitrogen functional groups attached to an aromatic ring is 1. The van der Waals surface area contributed by atoms with Crippen molar-refractivity contribution in [1.82, 2.24) is 9.55 Å². The summed E-state index contributed by atoms with van der Waals surface area (Å²) in [5, 5.41) is 10.6. The van der Waals surface area contributed by atoms with Gasteiger partial charge in [-0.15, -0.1) is 11.6 Å². The predicted molar refractivity (Wildman–Crippen MR) is 102 cm³/mol. The Morgan fingerprint density at radius 2 is 2.21 bits per heavy atom. The van der Waals surface area contributed by atoms with Crippen molar-refractivity contribution in [1.29, 1.82) is 0 Å². The second-order valence-corrected chi connectivity index (χ2v) is 7.31. The molecule has 1 aliphatic heterocycles. The molecule has 2 rings (SSSR count). The zero-order valence-electron chi connectivity index (χ0n) is 15.9. The Balaban J connectivity index is 2.01. The second-order valence-electron chi connectivity index (χ2n) is 7.04. The predicted octanol–water partition coefficient (Wildman–Crippen LogP) is 1.72. The molecule has 0 amide bonds. The van der Waals surface area contributed by atoms with Crippen LogP contribution in [-0.2, 0) is 20.1 Å². The van der Waals surface area contributed by atoms with E-state index >= 15 is 4.39 Å². The van der Waals surface area contributed by atoms with E-state index in [2.05, 4.69) is 11.9 Å². The molecule has 1 aliphatic rings. The van der Waals surface area contributed by atoms with Crippen LogP contribution in [-0.4, -0.2) is 51.4 Å². The van der Waals surface area contributed by atoms with E-state index in [1.165, 1.54) is 6.07 Å². The molecule has 3 atom stereocenters. The van der Waals surface area contributed by atoms with Gasteiger partial charge in [0.25, 0.3) is 0 Å². The van der Waals surface area contributed by atoms with Gasteiger partial charge in [-0.1, -0.05) is 32.6 Å². The molecule has 3 N–H and O–H groups in total. The molecule has 1 saturated heterocycles. The summed E-state index contributed by atoms with van der Waals surface area (Å²) in [6.45, 7) is 1.03. The molecule has 2 heterocycles. The van der Waals surface area contributed by atoms with Gasteiger partial charge in [0, 0.05) is 12.6 Å². The van der Waals surface area contributed by atoms with Crippen molar-refractivity contribution in [2.45, 2.75) is 62.9 Å². The SMILES string of the molecule is CCCCCCCC(=O)OC[C@@]1(CCl)OC[C@@](F)(n2ccc(N)nc2=O)[C@@H]1O. The highest BCUT2D eigenvalue weighted by Crippen LogP contribution is 2.40. The first-order valence-electron chi connectivity index (χ1n) is 9.37. The number of unbranched alkanes of at least 4 members (excludes halogenated alkanes) is 4. The maximum atomic E-state index is 15.5. The molecule has 0 spiro atoms. The van der Waals surface area contributed by atoms with Crippen LogP contribution in [0.3, 0.4) is 0 Å². The Morgan fingerprint density at radius 1 is 1.50 bits per heavy atom. The van der Waals surface area contributed by atoms with Crippen LogP contribution in [0, 0.1) is 0 Å². The summed E-state index contributed by atoms with van der Waals surface area (Å²) in [6.07, 6.45) is 4.34. The zero-order chi connectivity index (χ0) is 20.8. The van der Waals surface area contributed by atoms with E-state index in [0.29, 0.717) is 11.0 Å². The fraction of sp³-hybridized carbons (Fsp3) is 0.722. The molecule has 158 valence electrons. The molecule has 1 aromatic heterocycles. The first-order chi connectivity index (χ1) is 13.3. The highest BCUT2D eigenvalue weighted by atomic mass is 35.5. The number of anilines is 1. The van der Waals surface area contributed by atoms with Crippen LogP contribution in [0.5, 0.6) is 0 Å². The average Bonchev–Trinajstić information content (AvgIpc) is 2.92. The van der Waals surface area contributed by atoms with Crippen LogP contribution in [0.4, 0.5) is 10.2 Å². The Kier molecular flexibility index (Phi) is 7.79. The molecule has 0 aromatic carbocycles. The third-order valence-electron chi connectivity index (χ3n) is 4.89. The first-order valence-corrected chi connectivity index (χ1v) is 9.90. The number of hydrogen-bond donors (Lipinski definition) is 2. The number of alkyl halides is 2. The molecule has 0 aliphatic carbocycles. The lowest BCUT2D eigenvalue weighted by Crippen LogP contribution is -2.55. The summed E-state index contributed by atoms with van der Waals surface area (Å²) in [7, 11) is 0. The minimum Gasteiger partial charge on any atom is -0.462 e. The summed E-state index contributed by atoms with van der Waals surface area (Å²) < 4.78 is 26.7. The third-order valence-corrected chi connectivity index (χ3v) is 5.35. The van der Waals surface area contributed by atoms with Gasteiger partial charge in [0.15, 0.2) is 0 Å². The van der Waals surface area contributed by atoms with Crippen LogP contribution in [0.2, 0.25) is 0 Å². The molecule has 10 heteroatoms. The molecule has 1 aromatic rings. The minimum absolute atomic E-state index is 0.0743. The zero-order valence-corrected chi connectivity index (χ0v) is 16.7. The summed E-state index contributed by atoms with van der Waals surface area (Å²) in [5.74, 6) is -3.49. The molecule has 0 saturated carbocycles. The van der Waals surface area contributed by atoms with E-state index in [4.69, 9.17) is 26.8 Å². The molecular formula is C18H27ClFN3O5. The number of esters is 1. The van der Waals surface area contributed by atoms with Crippen LogP contribution in [0.25, 0.3) is 0 Å². The van der Waals surface area contributed by atoms with Gasteiger partial charge in [-0.3, -0.25) is 9.36 Å². The topological polar surface area (TPSA) is 117 Å².